The van der Waals surface area contributed by atoms with Gasteiger partial charge in [0, 0.05) is 17.7 Å². The van der Waals surface area contributed by atoms with Crippen molar-refractivity contribution in [2.75, 3.05) is 0 Å². The number of H-pyrrole nitrogens is 1. The lowest BCUT2D eigenvalue weighted by atomic mass is 10.1. The molecule has 0 aliphatic rings. The highest BCUT2D eigenvalue weighted by atomic mass is 79.9. The van der Waals surface area contributed by atoms with Gasteiger partial charge in [0.15, 0.2) is 0 Å². The smallest absolute Gasteiger partial charge is 0.268 e. The van der Waals surface area contributed by atoms with E-state index in [9.17, 15) is 14.9 Å². The maximum atomic E-state index is 10.8. The first-order valence-electron chi connectivity index (χ1n) is 4.58. The van der Waals surface area contributed by atoms with Crippen LogP contribution in [0.1, 0.15) is 0 Å². The number of nitro groups is 1. The fourth-order valence-corrected chi connectivity index (χ4v) is 1.84. The van der Waals surface area contributed by atoms with Gasteiger partial charge in [-0.3, -0.25) is 14.9 Å². The molecule has 2 rings (SSSR count). The van der Waals surface area contributed by atoms with Crippen LogP contribution in [0.25, 0.3) is 11.3 Å². The third-order valence-corrected chi connectivity index (χ3v) is 2.75. The van der Waals surface area contributed by atoms with Crippen LogP contribution in [0.2, 0.25) is 0 Å². The summed E-state index contributed by atoms with van der Waals surface area (Å²) < 4.78 is 0.369. The molecule has 0 saturated carbocycles. The van der Waals surface area contributed by atoms with Crippen LogP contribution in [0.3, 0.4) is 0 Å². The van der Waals surface area contributed by atoms with Gasteiger partial charge in [-0.15, -0.1) is 0 Å². The number of rotatable bonds is 2. The second-order valence-electron chi connectivity index (χ2n) is 3.23. The topological polar surface area (TPSA) is 88.9 Å². The van der Waals surface area contributed by atoms with E-state index in [4.69, 9.17) is 0 Å². The summed E-state index contributed by atoms with van der Waals surface area (Å²) in [7, 11) is 0. The zero-order valence-corrected chi connectivity index (χ0v) is 9.97. The number of nitrogens with one attached hydrogen (secondary N) is 1. The average Bonchev–Trinajstić information content (AvgIpc) is 2.29. The van der Waals surface area contributed by atoms with Crippen LogP contribution in [-0.4, -0.2) is 15.1 Å². The summed E-state index contributed by atoms with van der Waals surface area (Å²) in [6.07, 6.45) is 0. The Morgan fingerprint density at radius 2 is 2.06 bits per heavy atom. The molecule has 1 aromatic heterocycles. The molecule has 1 N–H and O–H groups in total. The van der Waals surface area contributed by atoms with Crippen molar-refractivity contribution in [1.82, 2.24) is 10.2 Å². The van der Waals surface area contributed by atoms with Gasteiger partial charge in [0.05, 0.1) is 15.1 Å². The molecule has 0 atom stereocenters. The van der Waals surface area contributed by atoms with Gasteiger partial charge in [0.2, 0.25) is 0 Å². The lowest BCUT2D eigenvalue weighted by Gasteiger charge is -2.01. The molecule has 0 saturated heterocycles. The van der Waals surface area contributed by atoms with Crippen LogP contribution in [0.4, 0.5) is 5.69 Å². The maximum Gasteiger partial charge on any atom is 0.283 e. The molecular formula is C10H6BrN3O3. The van der Waals surface area contributed by atoms with E-state index in [0.717, 1.165) is 0 Å². The quantitative estimate of drug-likeness (QED) is 0.679. The summed E-state index contributed by atoms with van der Waals surface area (Å²) in [5.74, 6) is 0. The first kappa shape index (κ1) is 11.5. The third kappa shape index (κ3) is 2.39. The van der Waals surface area contributed by atoms with Gasteiger partial charge in [0.1, 0.15) is 0 Å². The van der Waals surface area contributed by atoms with Gasteiger partial charge in [-0.25, -0.2) is 5.10 Å². The second-order valence-corrected chi connectivity index (χ2v) is 4.08. The Balaban J connectivity index is 2.48. The number of nitrogens with zero attached hydrogens (tertiary/aromatic N) is 2. The normalized spacial score (nSPS) is 10.2. The number of benzene rings is 1. The summed E-state index contributed by atoms with van der Waals surface area (Å²) in [4.78, 5) is 21.0. The highest BCUT2D eigenvalue weighted by molar-refractivity contribution is 9.10. The zero-order valence-electron chi connectivity index (χ0n) is 8.38. The molecule has 0 fully saturated rings. The maximum absolute atomic E-state index is 10.8. The van der Waals surface area contributed by atoms with Crippen LogP contribution in [0.15, 0.2) is 39.6 Å². The molecule has 0 amide bonds. The number of hydrogen-bond acceptors (Lipinski definition) is 4. The highest BCUT2D eigenvalue weighted by Crippen LogP contribution is 2.29. The standard InChI is InChI=1S/C10H6BrN3O3/c11-7-5-6(1-3-9(7)14(16)17)8-2-4-10(15)13-12-8/h1-5H,(H,13,15). The largest absolute Gasteiger partial charge is 0.283 e. The van der Waals surface area contributed by atoms with E-state index < -0.39 is 4.92 Å². The van der Waals surface area contributed by atoms with Crippen molar-refractivity contribution < 1.29 is 4.92 Å². The van der Waals surface area contributed by atoms with Gasteiger partial charge in [-0.1, -0.05) is 0 Å². The van der Waals surface area contributed by atoms with Crippen LogP contribution in [-0.2, 0) is 0 Å². The molecule has 0 spiro atoms. The molecule has 7 heteroatoms. The molecule has 17 heavy (non-hydrogen) atoms. The summed E-state index contributed by atoms with van der Waals surface area (Å²) >= 11 is 3.12. The van der Waals surface area contributed by atoms with E-state index in [1.54, 1.807) is 18.2 Å². The molecule has 0 unspecified atom stereocenters. The van der Waals surface area contributed by atoms with E-state index in [1.165, 1.54) is 12.1 Å². The van der Waals surface area contributed by atoms with Crippen LogP contribution in [0.5, 0.6) is 0 Å². The van der Waals surface area contributed by atoms with Gasteiger partial charge >= 0.3 is 0 Å². The fourth-order valence-electron chi connectivity index (χ4n) is 1.32. The molecule has 0 radical (unpaired) electrons. The summed E-state index contributed by atoms with van der Waals surface area (Å²) in [6, 6.07) is 7.43. The van der Waals surface area contributed by atoms with Crippen molar-refractivity contribution in [3.8, 4) is 11.3 Å². The van der Waals surface area contributed by atoms with Crippen LogP contribution < -0.4 is 5.56 Å². The molecule has 0 bridgehead atoms. The third-order valence-electron chi connectivity index (χ3n) is 2.12. The van der Waals surface area contributed by atoms with Gasteiger partial charge < -0.3 is 0 Å². The molecule has 0 aliphatic heterocycles. The van der Waals surface area contributed by atoms with Gasteiger partial charge in [-0.05, 0) is 34.1 Å². The van der Waals surface area contributed by atoms with Crippen LogP contribution >= 0.6 is 15.9 Å². The first-order chi connectivity index (χ1) is 8.08. The van der Waals surface area contributed by atoms with E-state index in [-0.39, 0.29) is 11.2 Å². The number of aromatic amines is 1. The van der Waals surface area contributed by atoms with E-state index >= 15 is 0 Å². The number of hydrogen-bond donors (Lipinski definition) is 1. The van der Waals surface area contributed by atoms with Crippen molar-refractivity contribution >= 4 is 21.6 Å². The Morgan fingerprint density at radius 3 is 2.59 bits per heavy atom. The SMILES string of the molecule is O=c1ccc(-c2ccc([N+](=O)[O-])c(Br)c2)n[nH]1. The number of aromatic nitrogens is 2. The minimum Gasteiger partial charge on any atom is -0.268 e. The molecular weight excluding hydrogens is 290 g/mol. The molecule has 86 valence electrons. The Labute approximate surface area is 104 Å². The van der Waals surface area contributed by atoms with Crippen molar-refractivity contribution in [2.24, 2.45) is 0 Å². The Hall–Kier alpha value is -2.02. The molecule has 1 aromatic carbocycles. The van der Waals surface area contributed by atoms with E-state index in [1.807, 2.05) is 0 Å². The Morgan fingerprint density at radius 1 is 1.29 bits per heavy atom. The number of halogens is 1. The average molecular weight is 296 g/mol. The van der Waals surface area contributed by atoms with Crippen LogP contribution in [0, 0.1) is 10.1 Å². The lowest BCUT2D eigenvalue weighted by Crippen LogP contribution is -2.05. The van der Waals surface area contributed by atoms with Gasteiger partial charge in [-0.2, -0.15) is 5.10 Å². The highest BCUT2D eigenvalue weighted by Gasteiger charge is 2.12. The van der Waals surface area contributed by atoms with Crippen molar-refractivity contribution in [3.05, 3.63) is 55.3 Å². The minimum absolute atomic E-state index is 0.0156. The second kappa shape index (κ2) is 4.46. The van der Waals surface area contributed by atoms with E-state index in [0.29, 0.717) is 15.7 Å². The van der Waals surface area contributed by atoms with Crippen molar-refractivity contribution in [3.63, 3.8) is 0 Å². The predicted molar refractivity (Wildman–Crippen MR) is 64.6 cm³/mol. The fraction of sp³-hybridized carbons (Fsp3) is 0. The monoisotopic (exact) mass is 295 g/mol. The molecule has 0 aliphatic carbocycles. The Bertz CT molecular complexity index is 618. The number of nitro benzene ring substituents is 1. The summed E-state index contributed by atoms with van der Waals surface area (Å²) in [5, 5.41) is 16.8. The van der Waals surface area contributed by atoms with E-state index in [2.05, 4.69) is 26.1 Å². The molecule has 1 heterocycles. The lowest BCUT2D eigenvalue weighted by molar-refractivity contribution is -0.385. The van der Waals surface area contributed by atoms with Crippen molar-refractivity contribution in [2.45, 2.75) is 0 Å². The predicted octanol–water partition coefficient (Wildman–Crippen LogP) is 2.11. The summed E-state index contributed by atoms with van der Waals surface area (Å²) in [5.41, 5.74) is 0.909. The van der Waals surface area contributed by atoms with Gasteiger partial charge in [0.25, 0.3) is 11.2 Å². The Kier molecular flexibility index (Phi) is 3.01. The van der Waals surface area contributed by atoms with Crippen molar-refractivity contribution in [1.29, 1.82) is 0 Å². The molecule has 6 nitrogen and oxygen atoms in total. The zero-order chi connectivity index (χ0) is 12.4. The summed E-state index contributed by atoms with van der Waals surface area (Å²) in [6.45, 7) is 0. The first-order valence-corrected chi connectivity index (χ1v) is 5.37. The minimum atomic E-state index is -0.478. The molecule has 2 aromatic rings.